The number of benzene rings is 3. The maximum Gasteiger partial charge on any atom is 0.228 e. The number of carbonyl (C=O) groups is 1. The summed E-state index contributed by atoms with van der Waals surface area (Å²) in [7, 11) is 1.74. The molecule has 4 rings (SSSR count). The van der Waals surface area contributed by atoms with E-state index in [4.69, 9.17) is 0 Å². The van der Waals surface area contributed by atoms with Gasteiger partial charge in [-0.1, -0.05) is 30.3 Å². The van der Waals surface area contributed by atoms with Gasteiger partial charge in [0.1, 0.15) is 11.6 Å². The summed E-state index contributed by atoms with van der Waals surface area (Å²) in [6.45, 7) is 0. The van der Waals surface area contributed by atoms with Crippen LogP contribution in [-0.4, -0.2) is 15.3 Å². The van der Waals surface area contributed by atoms with Gasteiger partial charge in [-0.3, -0.25) is 4.79 Å². The Hall–Kier alpha value is -3.60. The van der Waals surface area contributed by atoms with Crippen LogP contribution >= 0.6 is 0 Å². The van der Waals surface area contributed by atoms with Crippen LogP contribution in [0.1, 0.15) is 16.2 Å². The summed E-state index contributed by atoms with van der Waals surface area (Å²) in [4.78, 5) is 17.6. The Morgan fingerprint density at radius 1 is 0.786 bits per heavy atom. The van der Waals surface area contributed by atoms with Gasteiger partial charge in [0, 0.05) is 23.7 Å². The zero-order chi connectivity index (χ0) is 19.7. The number of carbonyl (C=O) groups excluding carboxylic acids is 1. The Kier molecular flexibility index (Phi) is 4.57. The summed E-state index contributed by atoms with van der Waals surface area (Å²) in [5.41, 5.74) is 3.09. The van der Waals surface area contributed by atoms with E-state index in [0.717, 1.165) is 0 Å². The van der Waals surface area contributed by atoms with Gasteiger partial charge in [0.05, 0.1) is 11.4 Å². The minimum Gasteiger partial charge on any atom is -0.324 e. The molecule has 0 unspecified atom stereocenters. The van der Waals surface area contributed by atoms with Crippen LogP contribution in [0.15, 0.2) is 78.9 Å². The highest BCUT2D eigenvalue weighted by Crippen LogP contribution is 2.33. The average Bonchev–Trinajstić information content (AvgIpc) is 3.06. The van der Waals surface area contributed by atoms with E-state index in [1.807, 2.05) is 6.07 Å². The van der Waals surface area contributed by atoms with Gasteiger partial charge in [0.2, 0.25) is 5.78 Å². The number of hydrogen-bond donors (Lipinski definition) is 0. The van der Waals surface area contributed by atoms with Crippen molar-refractivity contribution in [3.8, 4) is 22.5 Å². The second-order valence-electron chi connectivity index (χ2n) is 6.40. The Labute approximate surface area is 160 Å². The smallest absolute Gasteiger partial charge is 0.228 e. The van der Waals surface area contributed by atoms with Crippen molar-refractivity contribution < 1.29 is 13.6 Å². The van der Waals surface area contributed by atoms with Gasteiger partial charge in [-0.25, -0.2) is 13.8 Å². The van der Waals surface area contributed by atoms with Crippen LogP contribution in [-0.2, 0) is 7.05 Å². The Morgan fingerprint density at radius 2 is 1.32 bits per heavy atom. The predicted octanol–water partition coefficient (Wildman–Crippen LogP) is 5.26. The summed E-state index contributed by atoms with van der Waals surface area (Å²) in [5, 5.41) is 0. The van der Waals surface area contributed by atoms with Crippen LogP contribution in [0.5, 0.6) is 0 Å². The average molecular weight is 374 g/mol. The molecular weight excluding hydrogens is 358 g/mol. The van der Waals surface area contributed by atoms with E-state index < -0.39 is 0 Å². The van der Waals surface area contributed by atoms with E-state index in [9.17, 15) is 13.6 Å². The minimum absolute atomic E-state index is 0.222. The molecule has 0 aliphatic carbocycles. The molecule has 0 atom stereocenters. The number of ketones is 1. The maximum atomic E-state index is 13.4. The van der Waals surface area contributed by atoms with Gasteiger partial charge in [0.25, 0.3) is 0 Å². The van der Waals surface area contributed by atoms with Crippen molar-refractivity contribution in [1.82, 2.24) is 9.55 Å². The molecule has 0 N–H and O–H groups in total. The lowest BCUT2D eigenvalue weighted by atomic mass is 10.0. The molecule has 3 aromatic carbocycles. The van der Waals surface area contributed by atoms with Gasteiger partial charge < -0.3 is 4.57 Å². The number of aromatic nitrogens is 2. The number of halogens is 2. The summed E-state index contributed by atoms with van der Waals surface area (Å²) >= 11 is 0. The third-order valence-electron chi connectivity index (χ3n) is 4.57. The number of nitrogens with zero attached hydrogens (tertiary/aromatic N) is 2. The van der Waals surface area contributed by atoms with E-state index in [-0.39, 0.29) is 23.2 Å². The molecule has 0 fully saturated rings. The fraction of sp³-hybridized carbons (Fsp3) is 0.0435. The summed E-state index contributed by atoms with van der Waals surface area (Å²) in [5.74, 6) is -0.678. The van der Waals surface area contributed by atoms with E-state index in [1.54, 1.807) is 60.1 Å². The minimum atomic E-state index is -0.358. The predicted molar refractivity (Wildman–Crippen MR) is 104 cm³/mol. The number of imidazole rings is 1. The summed E-state index contributed by atoms with van der Waals surface area (Å²) in [6, 6.07) is 20.8. The highest BCUT2D eigenvalue weighted by molar-refractivity contribution is 6.07. The normalized spacial score (nSPS) is 10.8. The van der Waals surface area contributed by atoms with E-state index in [1.165, 1.54) is 24.3 Å². The first-order chi connectivity index (χ1) is 13.5. The van der Waals surface area contributed by atoms with E-state index >= 15 is 0 Å². The van der Waals surface area contributed by atoms with Gasteiger partial charge in [-0.15, -0.1) is 0 Å². The molecule has 0 aliphatic heterocycles. The van der Waals surface area contributed by atoms with Crippen LogP contribution in [0.4, 0.5) is 8.78 Å². The molecule has 0 aliphatic rings. The number of hydrogen-bond acceptors (Lipinski definition) is 2. The van der Waals surface area contributed by atoms with Crippen LogP contribution in [0.2, 0.25) is 0 Å². The lowest BCUT2D eigenvalue weighted by Gasteiger charge is -2.08. The van der Waals surface area contributed by atoms with Gasteiger partial charge >= 0.3 is 0 Å². The van der Waals surface area contributed by atoms with Crippen LogP contribution < -0.4 is 0 Å². The molecule has 3 nitrogen and oxygen atoms in total. The van der Waals surface area contributed by atoms with Crippen molar-refractivity contribution in [3.05, 3.63) is 102 Å². The van der Waals surface area contributed by atoms with Crippen molar-refractivity contribution in [3.63, 3.8) is 0 Å². The molecule has 0 saturated carbocycles. The van der Waals surface area contributed by atoms with Crippen molar-refractivity contribution in [1.29, 1.82) is 0 Å². The molecule has 28 heavy (non-hydrogen) atoms. The fourth-order valence-electron chi connectivity index (χ4n) is 3.17. The molecular formula is C23H16F2N2O. The van der Waals surface area contributed by atoms with E-state index in [2.05, 4.69) is 4.98 Å². The Balaban J connectivity index is 1.92. The maximum absolute atomic E-state index is 13.4. The highest BCUT2D eigenvalue weighted by Gasteiger charge is 2.23. The van der Waals surface area contributed by atoms with Gasteiger partial charge in [0.15, 0.2) is 5.82 Å². The summed E-state index contributed by atoms with van der Waals surface area (Å²) < 4.78 is 28.5. The largest absolute Gasteiger partial charge is 0.324 e. The topological polar surface area (TPSA) is 34.9 Å². The second-order valence-corrected chi connectivity index (χ2v) is 6.40. The van der Waals surface area contributed by atoms with Gasteiger partial charge in [-0.05, 0) is 48.5 Å². The van der Waals surface area contributed by atoms with Crippen LogP contribution in [0.3, 0.4) is 0 Å². The van der Waals surface area contributed by atoms with Crippen molar-refractivity contribution in [2.24, 2.45) is 7.05 Å². The lowest BCUT2D eigenvalue weighted by molar-refractivity contribution is 0.102. The van der Waals surface area contributed by atoms with Crippen molar-refractivity contribution in [2.45, 2.75) is 0 Å². The first-order valence-electron chi connectivity index (χ1n) is 8.73. The first-order valence-corrected chi connectivity index (χ1v) is 8.73. The molecule has 0 spiro atoms. The van der Waals surface area contributed by atoms with E-state index in [0.29, 0.717) is 28.1 Å². The lowest BCUT2D eigenvalue weighted by Crippen LogP contribution is -2.09. The van der Waals surface area contributed by atoms with Crippen molar-refractivity contribution in [2.75, 3.05) is 0 Å². The Bertz CT molecular complexity index is 1130. The molecule has 4 aromatic rings. The molecule has 1 aromatic heterocycles. The molecule has 138 valence electrons. The highest BCUT2D eigenvalue weighted by atomic mass is 19.1. The zero-order valence-corrected chi connectivity index (χ0v) is 15.1. The number of rotatable bonds is 4. The quantitative estimate of drug-likeness (QED) is 0.457. The Morgan fingerprint density at radius 3 is 1.89 bits per heavy atom. The third kappa shape index (κ3) is 3.22. The third-order valence-corrected chi connectivity index (χ3v) is 4.57. The standard InChI is InChI=1S/C23H16F2N2O/c1-27-21(16-9-13-19(25)14-10-16)20(15-7-11-18(24)12-8-15)26-23(27)22(28)17-5-3-2-4-6-17/h2-14H,1H3. The molecule has 5 heteroatoms. The van der Waals surface area contributed by atoms with Crippen LogP contribution in [0.25, 0.3) is 22.5 Å². The fourth-order valence-corrected chi connectivity index (χ4v) is 3.17. The van der Waals surface area contributed by atoms with Gasteiger partial charge in [-0.2, -0.15) is 0 Å². The SMILES string of the molecule is Cn1c(C(=O)c2ccccc2)nc(-c2ccc(F)cc2)c1-c1ccc(F)cc1. The molecule has 0 bridgehead atoms. The first kappa shape index (κ1) is 17.8. The summed E-state index contributed by atoms with van der Waals surface area (Å²) in [6.07, 6.45) is 0. The zero-order valence-electron chi connectivity index (χ0n) is 15.1. The van der Waals surface area contributed by atoms with Crippen LogP contribution in [0, 0.1) is 11.6 Å². The molecule has 0 amide bonds. The molecule has 0 saturated heterocycles. The van der Waals surface area contributed by atoms with Crippen molar-refractivity contribution >= 4 is 5.78 Å². The second kappa shape index (κ2) is 7.19. The monoisotopic (exact) mass is 374 g/mol. The molecule has 1 heterocycles. The molecule has 0 radical (unpaired) electrons.